The molecule has 1 aromatic heterocycles. The number of nitrogens with two attached hydrogens (primary N) is 1. The van der Waals surface area contributed by atoms with Gasteiger partial charge in [-0.05, 0) is 12.5 Å². The van der Waals surface area contributed by atoms with E-state index in [-0.39, 0.29) is 23.3 Å². The van der Waals surface area contributed by atoms with Crippen molar-refractivity contribution in [2.24, 2.45) is 11.7 Å². The molecule has 5 nitrogen and oxygen atoms in total. The molecule has 1 heterocycles. The van der Waals surface area contributed by atoms with Crippen LogP contribution in [0, 0.1) is 5.92 Å². The Bertz CT molecular complexity index is 351. The van der Waals surface area contributed by atoms with Crippen LogP contribution in [0.1, 0.15) is 30.3 Å². The van der Waals surface area contributed by atoms with E-state index in [2.05, 4.69) is 9.97 Å². The first-order valence-electron chi connectivity index (χ1n) is 5.31. The average Bonchev–Trinajstić information content (AvgIpc) is 2.35. The van der Waals surface area contributed by atoms with Gasteiger partial charge >= 0.3 is 0 Å². The van der Waals surface area contributed by atoms with Crippen LogP contribution in [0.5, 0.6) is 5.88 Å². The molecular weight excluding hydrogens is 206 g/mol. The van der Waals surface area contributed by atoms with Gasteiger partial charge in [-0.25, -0.2) is 9.97 Å². The highest BCUT2D eigenvalue weighted by Crippen LogP contribution is 2.16. The van der Waals surface area contributed by atoms with Gasteiger partial charge in [0.2, 0.25) is 5.88 Å². The molecular formula is C11H17N3O2. The largest absolute Gasteiger partial charge is 0.479 e. The third-order valence-electron chi connectivity index (χ3n) is 2.51. The number of aromatic nitrogens is 2. The first-order valence-corrected chi connectivity index (χ1v) is 5.31. The number of hydrogen-bond acceptors (Lipinski definition) is 5. The fourth-order valence-electron chi connectivity index (χ4n) is 1.42. The molecule has 0 bridgehead atoms. The Labute approximate surface area is 95.0 Å². The van der Waals surface area contributed by atoms with Crippen molar-refractivity contribution in [3.8, 4) is 5.88 Å². The summed E-state index contributed by atoms with van der Waals surface area (Å²) in [6.45, 7) is 2.52. The standard InChI is InChI=1S/C11H17N3O2/c1-3-8(7-12)6-9(15)10-11(16-2)14-5-4-13-10/h4-5,8H,3,6-7,12H2,1-2H3. The van der Waals surface area contributed by atoms with Crippen LogP contribution in [0.25, 0.3) is 0 Å². The molecule has 0 aromatic carbocycles. The molecule has 88 valence electrons. The fourth-order valence-corrected chi connectivity index (χ4v) is 1.42. The Balaban J connectivity index is 2.79. The lowest BCUT2D eigenvalue weighted by Crippen LogP contribution is -2.18. The fraction of sp³-hybridized carbons (Fsp3) is 0.545. The van der Waals surface area contributed by atoms with Crippen LogP contribution in [0.15, 0.2) is 12.4 Å². The molecule has 1 atom stereocenters. The van der Waals surface area contributed by atoms with Crippen molar-refractivity contribution in [2.75, 3.05) is 13.7 Å². The predicted molar refractivity (Wildman–Crippen MR) is 60.4 cm³/mol. The maximum Gasteiger partial charge on any atom is 0.243 e. The molecule has 16 heavy (non-hydrogen) atoms. The summed E-state index contributed by atoms with van der Waals surface area (Å²) in [4.78, 5) is 19.8. The van der Waals surface area contributed by atoms with E-state index in [4.69, 9.17) is 10.5 Å². The van der Waals surface area contributed by atoms with Crippen molar-refractivity contribution in [3.63, 3.8) is 0 Å². The molecule has 0 aliphatic carbocycles. The molecule has 1 unspecified atom stereocenters. The van der Waals surface area contributed by atoms with Gasteiger partial charge in [0.05, 0.1) is 7.11 Å². The summed E-state index contributed by atoms with van der Waals surface area (Å²) < 4.78 is 4.99. The molecule has 1 aromatic rings. The lowest BCUT2D eigenvalue weighted by molar-refractivity contribution is 0.0952. The number of ketones is 1. The van der Waals surface area contributed by atoms with E-state index in [9.17, 15) is 4.79 Å². The molecule has 0 radical (unpaired) electrons. The van der Waals surface area contributed by atoms with Crippen molar-refractivity contribution in [1.29, 1.82) is 0 Å². The number of hydrogen-bond donors (Lipinski definition) is 1. The lowest BCUT2D eigenvalue weighted by atomic mass is 9.98. The number of carbonyl (C=O) groups is 1. The van der Waals surface area contributed by atoms with Crippen molar-refractivity contribution in [3.05, 3.63) is 18.1 Å². The summed E-state index contributed by atoms with van der Waals surface area (Å²) in [7, 11) is 1.47. The van der Waals surface area contributed by atoms with E-state index in [0.717, 1.165) is 6.42 Å². The Morgan fingerprint density at radius 3 is 2.75 bits per heavy atom. The SMILES string of the molecule is CCC(CN)CC(=O)c1nccnc1OC. The second kappa shape index (κ2) is 6.17. The van der Waals surface area contributed by atoms with Crippen molar-refractivity contribution < 1.29 is 9.53 Å². The van der Waals surface area contributed by atoms with Crippen LogP contribution in [0.4, 0.5) is 0 Å². The molecule has 0 spiro atoms. The zero-order valence-corrected chi connectivity index (χ0v) is 9.64. The van der Waals surface area contributed by atoms with E-state index < -0.39 is 0 Å². The number of Topliss-reactive ketones (excluding diaryl/α,β-unsaturated/α-hetero) is 1. The van der Waals surface area contributed by atoms with Gasteiger partial charge in [-0.3, -0.25) is 4.79 Å². The van der Waals surface area contributed by atoms with E-state index in [1.165, 1.54) is 19.5 Å². The van der Waals surface area contributed by atoms with Gasteiger partial charge in [-0.15, -0.1) is 0 Å². The normalized spacial score (nSPS) is 12.2. The quantitative estimate of drug-likeness (QED) is 0.729. The van der Waals surface area contributed by atoms with Gasteiger partial charge in [0.1, 0.15) is 0 Å². The summed E-state index contributed by atoms with van der Waals surface area (Å²) >= 11 is 0. The second-order valence-electron chi connectivity index (χ2n) is 3.55. The summed E-state index contributed by atoms with van der Waals surface area (Å²) in [5.41, 5.74) is 5.85. The minimum Gasteiger partial charge on any atom is -0.479 e. The topological polar surface area (TPSA) is 78.1 Å². The minimum atomic E-state index is -0.0674. The minimum absolute atomic E-state index is 0.0674. The van der Waals surface area contributed by atoms with E-state index >= 15 is 0 Å². The summed E-state index contributed by atoms with van der Waals surface area (Å²) in [5, 5.41) is 0. The van der Waals surface area contributed by atoms with E-state index in [1.54, 1.807) is 0 Å². The van der Waals surface area contributed by atoms with E-state index in [1.807, 2.05) is 6.92 Å². The highest BCUT2D eigenvalue weighted by molar-refractivity contribution is 5.96. The molecule has 0 aliphatic rings. The second-order valence-corrected chi connectivity index (χ2v) is 3.55. The van der Waals surface area contributed by atoms with Crippen LogP contribution >= 0.6 is 0 Å². The van der Waals surface area contributed by atoms with Gasteiger partial charge in [0, 0.05) is 18.8 Å². The van der Waals surface area contributed by atoms with Crippen molar-refractivity contribution >= 4 is 5.78 Å². The van der Waals surface area contributed by atoms with Crippen LogP contribution in [-0.2, 0) is 0 Å². The Hall–Kier alpha value is -1.49. The van der Waals surface area contributed by atoms with E-state index in [0.29, 0.717) is 13.0 Å². The Morgan fingerprint density at radius 2 is 2.19 bits per heavy atom. The lowest BCUT2D eigenvalue weighted by Gasteiger charge is -2.11. The van der Waals surface area contributed by atoms with Crippen LogP contribution in [0.3, 0.4) is 0 Å². The highest BCUT2D eigenvalue weighted by Gasteiger charge is 2.18. The van der Waals surface area contributed by atoms with Crippen LogP contribution in [0.2, 0.25) is 0 Å². The van der Waals surface area contributed by atoms with Crippen LogP contribution in [-0.4, -0.2) is 29.4 Å². The van der Waals surface area contributed by atoms with Crippen LogP contribution < -0.4 is 10.5 Å². The monoisotopic (exact) mass is 223 g/mol. The number of ether oxygens (including phenoxy) is 1. The van der Waals surface area contributed by atoms with Gasteiger partial charge in [-0.2, -0.15) is 0 Å². The van der Waals surface area contributed by atoms with Crippen molar-refractivity contribution in [2.45, 2.75) is 19.8 Å². The molecule has 0 fully saturated rings. The number of nitrogens with zero attached hydrogens (tertiary/aromatic N) is 2. The third kappa shape index (κ3) is 3.00. The number of carbonyl (C=O) groups excluding carboxylic acids is 1. The number of methoxy groups -OCH3 is 1. The third-order valence-corrected chi connectivity index (χ3v) is 2.51. The molecule has 0 saturated carbocycles. The van der Waals surface area contributed by atoms with Gasteiger partial charge in [-0.1, -0.05) is 13.3 Å². The summed E-state index contributed by atoms with van der Waals surface area (Å²) in [6, 6.07) is 0. The molecule has 0 amide bonds. The van der Waals surface area contributed by atoms with Gasteiger partial charge < -0.3 is 10.5 Å². The smallest absolute Gasteiger partial charge is 0.243 e. The van der Waals surface area contributed by atoms with Gasteiger partial charge in [0.15, 0.2) is 11.5 Å². The molecule has 2 N–H and O–H groups in total. The van der Waals surface area contributed by atoms with Crippen molar-refractivity contribution in [1.82, 2.24) is 9.97 Å². The molecule has 0 saturated heterocycles. The Morgan fingerprint density at radius 1 is 1.50 bits per heavy atom. The zero-order valence-electron chi connectivity index (χ0n) is 9.64. The molecule has 0 aliphatic heterocycles. The number of rotatable bonds is 6. The summed E-state index contributed by atoms with van der Waals surface area (Å²) in [6.07, 6.45) is 4.25. The predicted octanol–water partition coefficient (Wildman–Crippen LogP) is 1.04. The Kier molecular flexibility index (Phi) is 4.85. The zero-order chi connectivity index (χ0) is 12.0. The maximum absolute atomic E-state index is 11.9. The highest BCUT2D eigenvalue weighted by atomic mass is 16.5. The molecule has 5 heteroatoms. The average molecular weight is 223 g/mol. The first kappa shape index (κ1) is 12.6. The summed E-state index contributed by atoms with van der Waals surface area (Å²) in [5.74, 6) is 0.404. The first-order chi connectivity index (χ1) is 7.72. The van der Waals surface area contributed by atoms with Gasteiger partial charge in [0.25, 0.3) is 0 Å². The molecule has 1 rings (SSSR count). The maximum atomic E-state index is 11.9.